The molecule has 7 nitrogen and oxygen atoms in total. The third-order valence-electron chi connectivity index (χ3n) is 4.03. The molecule has 138 valence electrons. The predicted molar refractivity (Wildman–Crippen MR) is 102 cm³/mol. The van der Waals surface area contributed by atoms with Gasteiger partial charge in [-0.3, -0.25) is 4.90 Å². The van der Waals surface area contributed by atoms with Crippen LogP contribution in [0.4, 0.5) is 16.2 Å². The number of phenols is 1. The number of carbonyl (C=O) groups is 1. The SMILES string of the molecule is NC(=O)N(c1ccccc1Br)c1ccc(Cl)c(S(=O)(=O)N2CCC2)c1O. The summed E-state index contributed by atoms with van der Waals surface area (Å²) >= 11 is 9.38. The van der Waals surface area contributed by atoms with E-state index in [4.69, 9.17) is 17.3 Å². The first-order valence-corrected chi connectivity index (χ1v) is 10.2. The Labute approximate surface area is 164 Å². The van der Waals surface area contributed by atoms with E-state index in [2.05, 4.69) is 15.9 Å². The van der Waals surface area contributed by atoms with E-state index in [0.717, 1.165) is 11.3 Å². The van der Waals surface area contributed by atoms with Crippen molar-refractivity contribution in [3.63, 3.8) is 0 Å². The van der Waals surface area contributed by atoms with Crippen LogP contribution >= 0.6 is 27.5 Å². The van der Waals surface area contributed by atoms with Gasteiger partial charge in [0.1, 0.15) is 4.90 Å². The molecule has 0 aliphatic carbocycles. The molecule has 10 heteroatoms. The van der Waals surface area contributed by atoms with Gasteiger partial charge in [-0.25, -0.2) is 13.2 Å². The Balaban J connectivity index is 2.21. The normalized spacial score (nSPS) is 14.7. The number of carbonyl (C=O) groups excluding carboxylic acids is 1. The van der Waals surface area contributed by atoms with Gasteiger partial charge in [-0.1, -0.05) is 23.7 Å². The number of benzene rings is 2. The molecule has 2 aromatic rings. The summed E-state index contributed by atoms with van der Waals surface area (Å²) in [4.78, 5) is 12.7. The summed E-state index contributed by atoms with van der Waals surface area (Å²) in [5.74, 6) is -0.626. The third-order valence-corrected chi connectivity index (χ3v) is 7.10. The fourth-order valence-corrected chi connectivity index (χ4v) is 5.19. The molecule has 1 saturated heterocycles. The number of hydrogen-bond donors (Lipinski definition) is 2. The van der Waals surface area contributed by atoms with Crippen LogP contribution in [-0.2, 0) is 10.0 Å². The molecule has 0 radical (unpaired) electrons. The van der Waals surface area contributed by atoms with E-state index in [1.165, 1.54) is 16.4 Å². The minimum atomic E-state index is -3.98. The fraction of sp³-hybridized carbons (Fsp3) is 0.188. The van der Waals surface area contributed by atoms with E-state index >= 15 is 0 Å². The summed E-state index contributed by atoms with van der Waals surface area (Å²) < 4.78 is 27.2. The lowest BCUT2D eigenvalue weighted by molar-refractivity contribution is 0.255. The van der Waals surface area contributed by atoms with E-state index in [1.807, 2.05) is 0 Å². The first-order chi connectivity index (χ1) is 12.2. The average molecular weight is 461 g/mol. The number of aromatic hydroxyl groups is 1. The molecule has 0 unspecified atom stereocenters. The number of anilines is 2. The summed E-state index contributed by atoms with van der Waals surface area (Å²) in [6, 6.07) is 8.49. The zero-order valence-electron chi connectivity index (χ0n) is 13.4. The highest BCUT2D eigenvalue weighted by Crippen LogP contribution is 2.44. The third kappa shape index (κ3) is 3.16. The summed E-state index contributed by atoms with van der Waals surface area (Å²) in [6.07, 6.45) is 0.738. The molecule has 3 N–H and O–H groups in total. The first kappa shape index (κ1) is 19.0. The lowest BCUT2D eigenvalue weighted by atomic mass is 10.2. The van der Waals surface area contributed by atoms with Crippen LogP contribution in [0.3, 0.4) is 0 Å². The molecule has 0 aromatic heterocycles. The van der Waals surface area contributed by atoms with Crippen LogP contribution in [0.2, 0.25) is 5.02 Å². The molecule has 1 aliphatic rings. The second-order valence-electron chi connectivity index (χ2n) is 5.63. The predicted octanol–water partition coefficient (Wildman–Crippen LogP) is 3.42. The van der Waals surface area contributed by atoms with Crippen LogP contribution in [0.1, 0.15) is 6.42 Å². The highest BCUT2D eigenvalue weighted by Gasteiger charge is 2.35. The van der Waals surface area contributed by atoms with E-state index in [1.54, 1.807) is 24.3 Å². The molecule has 0 spiro atoms. The summed E-state index contributed by atoms with van der Waals surface area (Å²) in [5, 5.41) is 10.6. The fourth-order valence-electron chi connectivity index (χ4n) is 2.62. The molecule has 2 amide bonds. The second-order valence-corrected chi connectivity index (χ2v) is 8.76. The highest BCUT2D eigenvalue weighted by atomic mass is 79.9. The molecular weight excluding hydrogens is 446 g/mol. The molecule has 0 atom stereocenters. The van der Waals surface area contributed by atoms with Crippen molar-refractivity contribution in [2.75, 3.05) is 18.0 Å². The summed E-state index contributed by atoms with van der Waals surface area (Å²) in [6.45, 7) is 0.707. The molecule has 0 saturated carbocycles. The van der Waals surface area contributed by atoms with Crippen molar-refractivity contribution in [1.29, 1.82) is 0 Å². The number of nitrogens with zero attached hydrogens (tertiary/aromatic N) is 2. The van der Waals surface area contributed by atoms with Crippen LogP contribution in [0.15, 0.2) is 45.8 Å². The van der Waals surface area contributed by atoms with Gasteiger partial charge < -0.3 is 10.8 Å². The van der Waals surface area contributed by atoms with E-state index in [0.29, 0.717) is 23.2 Å². The van der Waals surface area contributed by atoms with Gasteiger partial charge in [-0.2, -0.15) is 4.31 Å². The zero-order valence-corrected chi connectivity index (χ0v) is 16.6. The number of rotatable bonds is 4. The molecule has 3 rings (SSSR count). The molecule has 1 fully saturated rings. The van der Waals surface area contributed by atoms with Crippen molar-refractivity contribution in [2.45, 2.75) is 11.3 Å². The molecule has 1 aliphatic heterocycles. The molecule has 2 aromatic carbocycles. The Hall–Kier alpha value is -1.81. The zero-order chi connectivity index (χ0) is 19.1. The van der Waals surface area contributed by atoms with Gasteiger partial charge in [0.15, 0.2) is 5.75 Å². The number of amides is 2. The van der Waals surface area contributed by atoms with Gasteiger partial charge in [-0.15, -0.1) is 0 Å². The molecule has 0 bridgehead atoms. The van der Waals surface area contributed by atoms with Crippen molar-refractivity contribution < 1.29 is 18.3 Å². The number of hydrogen-bond acceptors (Lipinski definition) is 4. The minimum Gasteiger partial charge on any atom is -0.504 e. The Morgan fingerprint density at radius 2 is 1.85 bits per heavy atom. The Bertz CT molecular complexity index is 979. The highest BCUT2D eigenvalue weighted by molar-refractivity contribution is 9.10. The van der Waals surface area contributed by atoms with Crippen LogP contribution in [0, 0.1) is 0 Å². The monoisotopic (exact) mass is 459 g/mol. The average Bonchev–Trinajstić information content (AvgIpc) is 2.48. The quantitative estimate of drug-likeness (QED) is 0.729. The number of primary amides is 1. The largest absolute Gasteiger partial charge is 0.504 e. The van der Waals surface area contributed by atoms with Crippen LogP contribution in [0.25, 0.3) is 0 Å². The Morgan fingerprint density at radius 3 is 2.38 bits per heavy atom. The number of nitrogens with two attached hydrogens (primary N) is 1. The van der Waals surface area contributed by atoms with Crippen LogP contribution in [0.5, 0.6) is 5.75 Å². The second kappa shape index (κ2) is 7.07. The maximum atomic E-state index is 12.7. The number of urea groups is 1. The molecular formula is C16H15BrClN3O4S. The van der Waals surface area contributed by atoms with E-state index in [9.17, 15) is 18.3 Å². The van der Waals surface area contributed by atoms with Crippen molar-refractivity contribution in [2.24, 2.45) is 5.73 Å². The van der Waals surface area contributed by atoms with Gasteiger partial charge >= 0.3 is 6.03 Å². The van der Waals surface area contributed by atoms with Crippen molar-refractivity contribution in [3.05, 3.63) is 45.9 Å². The maximum absolute atomic E-state index is 12.7. The Kier molecular flexibility index (Phi) is 5.16. The number of halogens is 2. The van der Waals surface area contributed by atoms with Gasteiger partial charge in [0.25, 0.3) is 0 Å². The Morgan fingerprint density at radius 1 is 1.19 bits per heavy atom. The first-order valence-electron chi connectivity index (χ1n) is 7.61. The van der Waals surface area contributed by atoms with E-state index < -0.39 is 26.7 Å². The maximum Gasteiger partial charge on any atom is 0.324 e. The lowest BCUT2D eigenvalue weighted by Crippen LogP contribution is -2.42. The number of phenolic OH excluding ortho intramolecular Hbond substituents is 1. The minimum absolute atomic E-state index is 0.0760. The van der Waals surface area contributed by atoms with E-state index in [-0.39, 0.29) is 10.7 Å². The number of para-hydroxylation sites is 1. The standard InChI is InChI=1S/C16H15BrClN3O4S/c17-10-4-1-2-5-12(10)21(16(19)23)13-7-6-11(18)15(14(13)22)26(24,25)20-8-3-9-20/h1-2,4-7,22H,3,8-9H2,(H2,19,23). The van der Waals surface area contributed by atoms with Crippen LogP contribution < -0.4 is 10.6 Å². The lowest BCUT2D eigenvalue weighted by Gasteiger charge is -2.31. The van der Waals surface area contributed by atoms with Gasteiger partial charge in [0, 0.05) is 17.6 Å². The topological polar surface area (TPSA) is 104 Å². The van der Waals surface area contributed by atoms with Gasteiger partial charge in [0.2, 0.25) is 10.0 Å². The van der Waals surface area contributed by atoms with Crippen molar-refractivity contribution in [3.8, 4) is 5.75 Å². The number of sulfonamides is 1. The smallest absolute Gasteiger partial charge is 0.324 e. The van der Waals surface area contributed by atoms with Crippen molar-refractivity contribution in [1.82, 2.24) is 4.31 Å². The van der Waals surface area contributed by atoms with Crippen molar-refractivity contribution >= 4 is 55.0 Å². The van der Waals surface area contributed by atoms with Gasteiger partial charge in [0.05, 0.1) is 16.4 Å². The summed E-state index contributed by atoms with van der Waals surface area (Å²) in [5.41, 5.74) is 5.77. The van der Waals surface area contributed by atoms with Crippen LogP contribution in [-0.4, -0.2) is 37.0 Å². The van der Waals surface area contributed by atoms with Gasteiger partial charge in [-0.05, 0) is 46.6 Å². The molecule has 1 heterocycles. The summed E-state index contributed by atoms with van der Waals surface area (Å²) in [7, 11) is -3.98. The molecule has 26 heavy (non-hydrogen) atoms.